The van der Waals surface area contributed by atoms with E-state index in [0.29, 0.717) is 6.54 Å². The topological polar surface area (TPSA) is 46.9 Å². The van der Waals surface area contributed by atoms with Crippen molar-refractivity contribution in [2.45, 2.75) is 45.4 Å². The molecule has 1 N–H and O–H groups in total. The van der Waals surface area contributed by atoms with E-state index in [-0.39, 0.29) is 11.2 Å². The zero-order valence-electron chi connectivity index (χ0n) is 14.1. The molecule has 1 atom stereocenters. The smallest absolute Gasteiger partial charge is 0.238 e. The largest absolute Gasteiger partial charge is 0.310 e. The molecule has 0 bridgehead atoms. The van der Waals surface area contributed by atoms with E-state index in [1.165, 1.54) is 0 Å². The van der Waals surface area contributed by atoms with Crippen LogP contribution in [-0.2, 0) is 11.3 Å². The lowest BCUT2D eigenvalue weighted by Gasteiger charge is -2.13. The van der Waals surface area contributed by atoms with Gasteiger partial charge in [-0.25, -0.2) is 4.68 Å². The number of carbonyl (C=O) groups is 1. The Labute approximate surface area is 142 Å². The van der Waals surface area contributed by atoms with Gasteiger partial charge in [-0.15, -0.1) is 11.8 Å². The lowest BCUT2D eigenvalue weighted by Crippen LogP contribution is -2.24. The van der Waals surface area contributed by atoms with Crippen molar-refractivity contribution >= 4 is 23.5 Å². The average Bonchev–Trinajstić information content (AvgIpc) is 2.87. The van der Waals surface area contributed by atoms with Gasteiger partial charge in [0.05, 0.1) is 17.5 Å². The maximum atomic E-state index is 12.3. The van der Waals surface area contributed by atoms with E-state index in [1.54, 1.807) is 11.8 Å². The van der Waals surface area contributed by atoms with Crippen LogP contribution < -0.4 is 5.32 Å². The third-order valence-corrected chi connectivity index (χ3v) is 4.80. The molecule has 1 aromatic carbocycles. The lowest BCUT2D eigenvalue weighted by atomic mass is 10.2. The third kappa shape index (κ3) is 5.43. The van der Waals surface area contributed by atoms with E-state index in [0.717, 1.165) is 35.7 Å². The number of amides is 1. The summed E-state index contributed by atoms with van der Waals surface area (Å²) in [4.78, 5) is 12.3. The molecule has 0 aliphatic rings. The highest BCUT2D eigenvalue weighted by atomic mass is 32.2. The first kappa shape index (κ1) is 17.6. The van der Waals surface area contributed by atoms with Crippen molar-refractivity contribution in [2.75, 3.05) is 11.1 Å². The molecule has 1 unspecified atom stereocenters. The Bertz CT molecular complexity index is 624. The summed E-state index contributed by atoms with van der Waals surface area (Å²) in [5, 5.41) is 7.45. The first-order valence-electron chi connectivity index (χ1n) is 8.11. The Hall–Kier alpha value is -1.75. The van der Waals surface area contributed by atoms with Crippen molar-refractivity contribution in [3.8, 4) is 0 Å². The van der Waals surface area contributed by atoms with Gasteiger partial charge in [0.2, 0.25) is 5.91 Å². The van der Waals surface area contributed by atoms with Gasteiger partial charge in [0.25, 0.3) is 0 Å². The molecule has 1 amide bonds. The van der Waals surface area contributed by atoms with E-state index in [2.05, 4.69) is 29.5 Å². The second kappa shape index (κ2) is 8.77. The van der Waals surface area contributed by atoms with Gasteiger partial charge >= 0.3 is 0 Å². The lowest BCUT2D eigenvalue weighted by molar-refractivity contribution is -0.115. The van der Waals surface area contributed by atoms with Gasteiger partial charge in [0.1, 0.15) is 5.82 Å². The molecule has 4 nitrogen and oxygen atoms in total. The maximum Gasteiger partial charge on any atom is 0.238 e. The van der Waals surface area contributed by atoms with Crippen LogP contribution in [0.1, 0.15) is 37.9 Å². The van der Waals surface area contributed by atoms with E-state index in [4.69, 9.17) is 0 Å². The number of carbonyl (C=O) groups excluding carboxylic acids is 1. The molecule has 2 aromatic rings. The summed E-state index contributed by atoms with van der Waals surface area (Å²) < 4.78 is 1.85. The second-order valence-corrected chi connectivity index (χ2v) is 7.12. The van der Waals surface area contributed by atoms with Crippen molar-refractivity contribution in [2.24, 2.45) is 0 Å². The van der Waals surface area contributed by atoms with Crippen LogP contribution in [0.15, 0.2) is 36.4 Å². The van der Waals surface area contributed by atoms with Crippen LogP contribution in [0.5, 0.6) is 0 Å². The molecule has 124 valence electrons. The van der Waals surface area contributed by atoms with Crippen molar-refractivity contribution in [3.63, 3.8) is 0 Å². The Morgan fingerprint density at radius 3 is 2.78 bits per heavy atom. The molecule has 0 saturated heterocycles. The molecule has 1 heterocycles. The third-order valence-electron chi connectivity index (χ3n) is 3.56. The Balaban J connectivity index is 2.01. The number of hydrogen-bond acceptors (Lipinski definition) is 3. The molecule has 23 heavy (non-hydrogen) atoms. The van der Waals surface area contributed by atoms with E-state index < -0.39 is 0 Å². The van der Waals surface area contributed by atoms with Gasteiger partial charge in [-0.1, -0.05) is 43.7 Å². The summed E-state index contributed by atoms with van der Waals surface area (Å²) in [5.41, 5.74) is 2.07. The number of aryl methyl sites for hydroxylation is 1. The molecular formula is C18H25N3OS. The maximum absolute atomic E-state index is 12.3. The van der Waals surface area contributed by atoms with Crippen molar-refractivity contribution in [1.29, 1.82) is 0 Å². The summed E-state index contributed by atoms with van der Waals surface area (Å²) in [5.74, 6) is 1.83. The summed E-state index contributed by atoms with van der Waals surface area (Å²) in [7, 11) is 0. The molecule has 1 aromatic heterocycles. The van der Waals surface area contributed by atoms with Gasteiger partial charge < -0.3 is 5.32 Å². The molecule has 5 heteroatoms. The Morgan fingerprint density at radius 1 is 1.35 bits per heavy atom. The van der Waals surface area contributed by atoms with E-state index >= 15 is 0 Å². The SMILES string of the molecule is CCCCSC(C)C(=O)Nc1cc(C)nn1Cc1ccccc1. The van der Waals surface area contributed by atoms with Crippen LogP contribution in [-0.4, -0.2) is 26.7 Å². The summed E-state index contributed by atoms with van der Waals surface area (Å²) in [6.07, 6.45) is 2.30. The van der Waals surface area contributed by atoms with Crippen LogP contribution in [0.3, 0.4) is 0 Å². The number of unbranched alkanes of at least 4 members (excludes halogenated alkanes) is 1. The van der Waals surface area contributed by atoms with Crippen molar-refractivity contribution in [1.82, 2.24) is 9.78 Å². The first-order valence-corrected chi connectivity index (χ1v) is 9.16. The van der Waals surface area contributed by atoms with Gasteiger partial charge in [-0.05, 0) is 31.6 Å². The predicted molar refractivity (Wildman–Crippen MR) is 98.0 cm³/mol. The number of hydrogen-bond donors (Lipinski definition) is 1. The first-order chi connectivity index (χ1) is 11.1. The summed E-state index contributed by atoms with van der Waals surface area (Å²) in [6.45, 7) is 6.72. The molecule has 0 spiro atoms. The van der Waals surface area contributed by atoms with Crippen LogP contribution in [0.25, 0.3) is 0 Å². The Kier molecular flexibility index (Phi) is 6.71. The fourth-order valence-electron chi connectivity index (χ4n) is 2.23. The van der Waals surface area contributed by atoms with Crippen molar-refractivity contribution < 1.29 is 4.79 Å². The van der Waals surface area contributed by atoms with Crippen LogP contribution in [0.2, 0.25) is 0 Å². The van der Waals surface area contributed by atoms with Gasteiger partial charge in [0.15, 0.2) is 0 Å². The second-order valence-electron chi connectivity index (χ2n) is 5.67. The van der Waals surface area contributed by atoms with Gasteiger partial charge in [-0.2, -0.15) is 5.10 Å². The molecular weight excluding hydrogens is 306 g/mol. The van der Waals surface area contributed by atoms with Crippen LogP contribution >= 0.6 is 11.8 Å². The number of benzene rings is 1. The van der Waals surface area contributed by atoms with Crippen LogP contribution in [0.4, 0.5) is 5.82 Å². The predicted octanol–water partition coefficient (Wildman–Crippen LogP) is 4.10. The number of aromatic nitrogens is 2. The summed E-state index contributed by atoms with van der Waals surface area (Å²) in [6, 6.07) is 12.1. The minimum atomic E-state index is -0.0538. The molecule has 0 saturated carbocycles. The monoisotopic (exact) mass is 331 g/mol. The highest BCUT2D eigenvalue weighted by molar-refractivity contribution is 8.00. The number of nitrogens with one attached hydrogen (secondary N) is 1. The normalized spacial score (nSPS) is 12.1. The number of nitrogens with zero attached hydrogens (tertiary/aromatic N) is 2. The highest BCUT2D eigenvalue weighted by Gasteiger charge is 2.16. The minimum absolute atomic E-state index is 0.0420. The fraction of sp³-hybridized carbons (Fsp3) is 0.444. The summed E-state index contributed by atoms with van der Waals surface area (Å²) >= 11 is 1.70. The van der Waals surface area contributed by atoms with E-state index in [1.807, 2.05) is 42.8 Å². The molecule has 2 rings (SSSR count). The number of rotatable bonds is 8. The number of thioether (sulfide) groups is 1. The minimum Gasteiger partial charge on any atom is -0.310 e. The van der Waals surface area contributed by atoms with E-state index in [9.17, 15) is 4.79 Å². The average molecular weight is 331 g/mol. The number of anilines is 1. The molecule has 0 fully saturated rings. The fourth-order valence-corrected chi connectivity index (χ4v) is 3.25. The highest BCUT2D eigenvalue weighted by Crippen LogP contribution is 2.17. The zero-order chi connectivity index (χ0) is 16.7. The molecule has 0 radical (unpaired) electrons. The van der Waals surface area contributed by atoms with Gasteiger partial charge in [0, 0.05) is 6.07 Å². The zero-order valence-corrected chi connectivity index (χ0v) is 14.9. The molecule has 0 aliphatic heterocycles. The standard InChI is InChI=1S/C18H25N3OS/c1-4-5-11-23-15(3)18(22)19-17-12-14(2)20-21(17)13-16-9-7-6-8-10-16/h6-10,12,15H,4-5,11,13H2,1-3H3,(H,19,22). The van der Waals surface area contributed by atoms with Crippen molar-refractivity contribution in [3.05, 3.63) is 47.7 Å². The van der Waals surface area contributed by atoms with Gasteiger partial charge in [-0.3, -0.25) is 4.79 Å². The molecule has 0 aliphatic carbocycles. The Morgan fingerprint density at radius 2 is 2.09 bits per heavy atom. The quantitative estimate of drug-likeness (QED) is 0.741. The van der Waals surface area contributed by atoms with Crippen LogP contribution in [0, 0.1) is 6.92 Å².